The van der Waals surface area contributed by atoms with E-state index < -0.39 is 0 Å². The van der Waals surface area contributed by atoms with E-state index in [4.69, 9.17) is 35.4 Å². The minimum atomic E-state index is -0.120. The largest absolute Gasteiger partial charge is 0.286 e. The fourth-order valence-electron chi connectivity index (χ4n) is 2.45. The maximum atomic E-state index is 12.8. The van der Waals surface area contributed by atoms with Crippen molar-refractivity contribution in [3.8, 4) is 0 Å². The fraction of sp³-hybridized carbons (Fsp3) is 0.111. The summed E-state index contributed by atoms with van der Waals surface area (Å²) >= 11 is 18.8. The normalized spacial score (nSPS) is 17.6. The summed E-state index contributed by atoms with van der Waals surface area (Å²) in [6, 6.07) is 14.9. The van der Waals surface area contributed by atoms with E-state index in [0.29, 0.717) is 19.3 Å². The summed E-state index contributed by atoms with van der Waals surface area (Å²) in [7, 11) is 0. The van der Waals surface area contributed by atoms with Gasteiger partial charge in [-0.15, -0.1) is 0 Å². The Morgan fingerprint density at radius 1 is 1.17 bits per heavy atom. The van der Waals surface area contributed by atoms with Gasteiger partial charge in [0.25, 0.3) is 5.91 Å². The average Bonchev–Trinajstić information content (AvgIpc) is 2.84. The van der Waals surface area contributed by atoms with Gasteiger partial charge < -0.3 is 0 Å². The van der Waals surface area contributed by atoms with Crippen molar-refractivity contribution in [2.75, 3.05) is 0 Å². The monoisotopic (exact) mass is 393 g/mol. The molecule has 24 heavy (non-hydrogen) atoms. The number of rotatable bonds is 3. The van der Waals surface area contributed by atoms with Gasteiger partial charge in [0.1, 0.15) is 4.32 Å². The van der Waals surface area contributed by atoms with Gasteiger partial charge in [-0.25, -0.2) is 0 Å². The average molecular weight is 394 g/mol. The van der Waals surface area contributed by atoms with E-state index in [0.717, 1.165) is 11.1 Å². The lowest BCUT2D eigenvalue weighted by Crippen LogP contribution is -2.30. The zero-order valence-corrected chi connectivity index (χ0v) is 15.8. The Bertz CT molecular complexity index is 836. The number of hydrogen-bond donors (Lipinski definition) is 0. The molecule has 1 aliphatic rings. The van der Waals surface area contributed by atoms with Gasteiger partial charge in [0.05, 0.1) is 10.9 Å². The molecule has 0 unspecified atom stereocenters. The molecule has 1 heterocycles. The molecule has 2 aromatic rings. The number of benzene rings is 2. The van der Waals surface area contributed by atoms with Crippen LogP contribution in [0, 0.1) is 0 Å². The van der Waals surface area contributed by atoms with Crippen molar-refractivity contribution < 1.29 is 4.79 Å². The lowest BCUT2D eigenvalue weighted by atomic mass is 10.1. The smallest absolute Gasteiger partial charge is 0.266 e. The van der Waals surface area contributed by atoms with Crippen LogP contribution < -0.4 is 0 Å². The highest BCUT2D eigenvalue weighted by Gasteiger charge is 2.35. The molecule has 1 saturated heterocycles. The molecule has 1 amide bonds. The van der Waals surface area contributed by atoms with Crippen molar-refractivity contribution in [2.45, 2.75) is 13.0 Å². The van der Waals surface area contributed by atoms with E-state index in [9.17, 15) is 4.79 Å². The molecule has 2 aromatic carbocycles. The Morgan fingerprint density at radius 2 is 1.88 bits per heavy atom. The molecule has 1 fully saturated rings. The van der Waals surface area contributed by atoms with Crippen LogP contribution in [0.3, 0.4) is 0 Å². The van der Waals surface area contributed by atoms with Gasteiger partial charge in [0.15, 0.2) is 0 Å². The van der Waals surface area contributed by atoms with E-state index in [1.807, 2.05) is 37.3 Å². The zero-order chi connectivity index (χ0) is 17.3. The molecule has 0 N–H and O–H groups in total. The van der Waals surface area contributed by atoms with Crippen LogP contribution in [0.2, 0.25) is 10.0 Å². The van der Waals surface area contributed by atoms with Crippen molar-refractivity contribution in [1.82, 2.24) is 4.90 Å². The predicted molar refractivity (Wildman–Crippen MR) is 106 cm³/mol. The van der Waals surface area contributed by atoms with Gasteiger partial charge in [-0.2, -0.15) is 0 Å². The van der Waals surface area contributed by atoms with Crippen LogP contribution in [-0.2, 0) is 4.79 Å². The lowest BCUT2D eigenvalue weighted by Gasteiger charge is -2.23. The number of thioether (sulfide) groups is 1. The van der Waals surface area contributed by atoms with E-state index in [1.165, 1.54) is 11.8 Å². The molecule has 0 aliphatic carbocycles. The first-order valence-corrected chi connectivity index (χ1v) is 9.22. The highest BCUT2D eigenvalue weighted by atomic mass is 35.5. The molecule has 2 nitrogen and oxygen atoms in total. The second-order valence-electron chi connectivity index (χ2n) is 5.30. The quantitative estimate of drug-likeness (QED) is 0.474. The molecule has 3 rings (SSSR count). The first kappa shape index (κ1) is 17.5. The standard InChI is InChI=1S/C18H13Cl2NOS2/c1-11(12-5-3-2-4-6-12)21-17(22)16(24-18(21)23)9-13-7-8-14(19)10-15(13)20/h2-11H,1H3/b16-9+/t11-/m0/s1. The molecule has 0 spiro atoms. The van der Waals surface area contributed by atoms with Gasteiger partial charge in [-0.1, -0.05) is 83.6 Å². The number of nitrogens with zero attached hydrogens (tertiary/aromatic N) is 1. The fourth-order valence-corrected chi connectivity index (χ4v) is 4.33. The van der Waals surface area contributed by atoms with Crippen molar-refractivity contribution in [1.29, 1.82) is 0 Å². The summed E-state index contributed by atoms with van der Waals surface area (Å²) in [5.74, 6) is -0.104. The first-order chi connectivity index (χ1) is 11.5. The third-order valence-electron chi connectivity index (χ3n) is 3.74. The van der Waals surface area contributed by atoms with Gasteiger partial charge >= 0.3 is 0 Å². The minimum Gasteiger partial charge on any atom is -0.286 e. The topological polar surface area (TPSA) is 20.3 Å². The number of thiocarbonyl (C=S) groups is 1. The van der Waals surface area contributed by atoms with Gasteiger partial charge in [-0.3, -0.25) is 9.69 Å². The molecule has 0 bridgehead atoms. The highest BCUT2D eigenvalue weighted by molar-refractivity contribution is 8.26. The van der Waals surface area contributed by atoms with E-state index in [1.54, 1.807) is 29.2 Å². The Morgan fingerprint density at radius 3 is 2.54 bits per heavy atom. The first-order valence-electron chi connectivity index (χ1n) is 7.24. The van der Waals surface area contributed by atoms with E-state index in [-0.39, 0.29) is 11.9 Å². The molecular weight excluding hydrogens is 381 g/mol. The van der Waals surface area contributed by atoms with Crippen LogP contribution in [0.5, 0.6) is 0 Å². The predicted octanol–water partition coefficient (Wildman–Crippen LogP) is 5.96. The van der Waals surface area contributed by atoms with Crippen LogP contribution in [0.25, 0.3) is 6.08 Å². The van der Waals surface area contributed by atoms with Crippen LogP contribution in [0.15, 0.2) is 53.4 Å². The maximum Gasteiger partial charge on any atom is 0.266 e. The Balaban J connectivity index is 1.90. The van der Waals surface area contributed by atoms with Crippen molar-refractivity contribution in [3.63, 3.8) is 0 Å². The molecule has 1 aliphatic heterocycles. The summed E-state index contributed by atoms with van der Waals surface area (Å²) in [6.07, 6.45) is 1.76. The van der Waals surface area contributed by atoms with Crippen LogP contribution >= 0.6 is 47.2 Å². The third kappa shape index (κ3) is 3.52. The number of amides is 1. The third-order valence-corrected chi connectivity index (χ3v) is 5.63. The second-order valence-corrected chi connectivity index (χ2v) is 7.82. The summed E-state index contributed by atoms with van der Waals surface area (Å²) < 4.78 is 0.549. The van der Waals surface area contributed by atoms with Gasteiger partial charge in [0, 0.05) is 10.0 Å². The second kappa shape index (κ2) is 7.28. The molecular formula is C18H13Cl2NOS2. The van der Waals surface area contributed by atoms with E-state index in [2.05, 4.69) is 0 Å². The summed E-state index contributed by atoms with van der Waals surface area (Å²) in [5.41, 5.74) is 1.79. The van der Waals surface area contributed by atoms with Gasteiger partial charge in [0.2, 0.25) is 0 Å². The lowest BCUT2D eigenvalue weighted by molar-refractivity contribution is -0.123. The molecule has 6 heteroatoms. The molecule has 0 saturated carbocycles. The zero-order valence-electron chi connectivity index (χ0n) is 12.7. The molecule has 0 aromatic heterocycles. The Kier molecular flexibility index (Phi) is 5.30. The van der Waals surface area contributed by atoms with Crippen molar-refractivity contribution in [2.24, 2.45) is 0 Å². The SMILES string of the molecule is C[C@@H](c1ccccc1)N1C(=O)/C(=C\c2ccc(Cl)cc2Cl)SC1=S. The summed E-state index contributed by atoms with van der Waals surface area (Å²) in [6.45, 7) is 1.97. The highest BCUT2D eigenvalue weighted by Crippen LogP contribution is 2.38. The number of carbonyl (C=O) groups is 1. The summed E-state index contributed by atoms with van der Waals surface area (Å²) in [5, 5.41) is 1.06. The molecule has 0 radical (unpaired) electrons. The number of hydrogen-bond acceptors (Lipinski definition) is 3. The summed E-state index contributed by atoms with van der Waals surface area (Å²) in [4.78, 5) is 15.0. The molecule has 1 atom stereocenters. The minimum absolute atomic E-state index is 0.104. The van der Waals surface area contributed by atoms with Crippen LogP contribution in [0.4, 0.5) is 0 Å². The molecule has 122 valence electrons. The maximum absolute atomic E-state index is 12.8. The number of halogens is 2. The number of carbonyl (C=O) groups excluding carboxylic acids is 1. The van der Waals surface area contributed by atoms with Crippen molar-refractivity contribution >= 4 is 63.5 Å². The van der Waals surface area contributed by atoms with Crippen LogP contribution in [0.1, 0.15) is 24.1 Å². The van der Waals surface area contributed by atoms with E-state index >= 15 is 0 Å². The van der Waals surface area contributed by atoms with Crippen LogP contribution in [-0.4, -0.2) is 15.1 Å². The Labute approximate surface area is 160 Å². The Hall–Kier alpha value is -1.33. The van der Waals surface area contributed by atoms with Crippen molar-refractivity contribution in [3.05, 3.63) is 74.6 Å². The van der Waals surface area contributed by atoms with Gasteiger partial charge in [-0.05, 0) is 36.3 Å².